The van der Waals surface area contributed by atoms with Gasteiger partial charge in [0.1, 0.15) is 16.5 Å². The Hall–Kier alpha value is -2.00. The topological polar surface area (TPSA) is 67.9 Å². The predicted octanol–water partition coefficient (Wildman–Crippen LogP) is 2.15. The van der Waals surface area contributed by atoms with Crippen LogP contribution in [0.15, 0.2) is 47.4 Å². The molecule has 146 valence electrons. The van der Waals surface area contributed by atoms with E-state index >= 15 is 0 Å². The van der Waals surface area contributed by atoms with Gasteiger partial charge in [0, 0.05) is 26.2 Å². The Bertz CT molecular complexity index is 883. The summed E-state index contributed by atoms with van der Waals surface area (Å²) in [5.74, 6) is -0.534. The SMILES string of the molecule is COc1ccc(F)cc1S(=O)(=O)NCc1cccc(CN2CCOCC2)c1. The van der Waals surface area contributed by atoms with Crippen molar-refractivity contribution in [1.29, 1.82) is 0 Å². The van der Waals surface area contributed by atoms with Crippen LogP contribution in [0.5, 0.6) is 5.75 Å². The first-order valence-corrected chi connectivity index (χ1v) is 10.2. The Kier molecular flexibility index (Phi) is 6.43. The lowest BCUT2D eigenvalue weighted by Gasteiger charge is -2.26. The molecule has 27 heavy (non-hydrogen) atoms. The summed E-state index contributed by atoms with van der Waals surface area (Å²) in [6.45, 7) is 4.14. The van der Waals surface area contributed by atoms with Gasteiger partial charge in [0.25, 0.3) is 0 Å². The predicted molar refractivity (Wildman–Crippen MR) is 99.5 cm³/mol. The first kappa shape index (κ1) is 19.8. The van der Waals surface area contributed by atoms with E-state index in [1.165, 1.54) is 13.2 Å². The molecule has 3 rings (SSSR count). The summed E-state index contributed by atoms with van der Waals surface area (Å²) >= 11 is 0. The van der Waals surface area contributed by atoms with Crippen LogP contribution in [-0.2, 0) is 27.8 Å². The highest BCUT2D eigenvalue weighted by Crippen LogP contribution is 2.24. The Labute approximate surface area is 159 Å². The quantitative estimate of drug-likeness (QED) is 0.779. The van der Waals surface area contributed by atoms with E-state index in [1.54, 1.807) is 0 Å². The molecule has 0 atom stereocenters. The highest BCUT2D eigenvalue weighted by atomic mass is 32.2. The Morgan fingerprint density at radius 3 is 2.63 bits per heavy atom. The Morgan fingerprint density at radius 2 is 1.89 bits per heavy atom. The van der Waals surface area contributed by atoms with Crippen molar-refractivity contribution in [2.45, 2.75) is 18.0 Å². The first-order valence-electron chi connectivity index (χ1n) is 8.69. The van der Waals surface area contributed by atoms with Crippen molar-refractivity contribution in [3.63, 3.8) is 0 Å². The standard InChI is InChI=1S/C19H23FN2O4S/c1-25-18-6-5-17(20)12-19(18)27(23,24)21-13-15-3-2-4-16(11-15)14-22-7-9-26-10-8-22/h2-6,11-12,21H,7-10,13-14H2,1H3. The molecule has 0 bridgehead atoms. The van der Waals surface area contributed by atoms with Crippen LogP contribution in [0.2, 0.25) is 0 Å². The molecule has 1 heterocycles. The van der Waals surface area contributed by atoms with E-state index in [4.69, 9.17) is 9.47 Å². The molecule has 0 unspecified atom stereocenters. The zero-order chi connectivity index (χ0) is 19.3. The van der Waals surface area contributed by atoms with Gasteiger partial charge in [-0.3, -0.25) is 4.90 Å². The average molecular weight is 394 g/mol. The minimum Gasteiger partial charge on any atom is -0.495 e. The van der Waals surface area contributed by atoms with Gasteiger partial charge in [-0.1, -0.05) is 24.3 Å². The second-order valence-electron chi connectivity index (χ2n) is 6.33. The maximum absolute atomic E-state index is 13.5. The summed E-state index contributed by atoms with van der Waals surface area (Å²) in [5.41, 5.74) is 1.94. The molecule has 6 nitrogen and oxygen atoms in total. The fourth-order valence-corrected chi connectivity index (χ4v) is 4.17. The second kappa shape index (κ2) is 8.79. The van der Waals surface area contributed by atoms with Crippen molar-refractivity contribution >= 4 is 10.0 Å². The maximum atomic E-state index is 13.5. The van der Waals surface area contributed by atoms with E-state index < -0.39 is 15.8 Å². The number of ether oxygens (including phenoxy) is 2. The van der Waals surface area contributed by atoms with Crippen molar-refractivity contribution in [3.05, 3.63) is 59.4 Å². The van der Waals surface area contributed by atoms with Crippen molar-refractivity contribution in [2.24, 2.45) is 0 Å². The lowest BCUT2D eigenvalue weighted by atomic mass is 10.1. The molecule has 1 saturated heterocycles. The number of methoxy groups -OCH3 is 1. The molecule has 0 amide bonds. The summed E-state index contributed by atoms with van der Waals surface area (Å²) in [6.07, 6.45) is 0. The molecule has 2 aromatic rings. The largest absolute Gasteiger partial charge is 0.495 e. The zero-order valence-electron chi connectivity index (χ0n) is 15.2. The molecule has 0 spiro atoms. The Morgan fingerprint density at radius 1 is 1.15 bits per heavy atom. The highest BCUT2D eigenvalue weighted by molar-refractivity contribution is 7.89. The lowest BCUT2D eigenvalue weighted by Crippen LogP contribution is -2.35. The van der Waals surface area contributed by atoms with E-state index in [9.17, 15) is 12.8 Å². The van der Waals surface area contributed by atoms with Crippen LogP contribution < -0.4 is 9.46 Å². The van der Waals surface area contributed by atoms with Crippen LogP contribution in [0.25, 0.3) is 0 Å². The van der Waals surface area contributed by atoms with Crippen LogP contribution >= 0.6 is 0 Å². The van der Waals surface area contributed by atoms with Gasteiger partial charge in [-0.25, -0.2) is 17.5 Å². The minimum atomic E-state index is -3.91. The Balaban J connectivity index is 1.69. The molecule has 0 aliphatic carbocycles. The third-order valence-corrected chi connectivity index (χ3v) is 5.81. The fourth-order valence-electron chi connectivity index (χ4n) is 2.97. The van der Waals surface area contributed by atoms with E-state index in [-0.39, 0.29) is 17.2 Å². The highest BCUT2D eigenvalue weighted by Gasteiger charge is 2.20. The third-order valence-electron chi connectivity index (χ3n) is 4.38. The number of nitrogens with one attached hydrogen (secondary N) is 1. The van der Waals surface area contributed by atoms with Gasteiger partial charge in [0.2, 0.25) is 10.0 Å². The number of halogens is 1. The van der Waals surface area contributed by atoms with Gasteiger partial charge >= 0.3 is 0 Å². The van der Waals surface area contributed by atoms with Crippen molar-refractivity contribution in [1.82, 2.24) is 9.62 Å². The van der Waals surface area contributed by atoms with Crippen LogP contribution in [0, 0.1) is 5.82 Å². The van der Waals surface area contributed by atoms with Crippen LogP contribution in [-0.4, -0.2) is 46.7 Å². The van der Waals surface area contributed by atoms with Crippen molar-refractivity contribution in [2.75, 3.05) is 33.4 Å². The first-order chi connectivity index (χ1) is 13.0. The molecule has 0 radical (unpaired) electrons. The minimum absolute atomic E-state index is 0.102. The number of nitrogens with zero attached hydrogens (tertiary/aromatic N) is 1. The smallest absolute Gasteiger partial charge is 0.244 e. The van der Waals surface area contributed by atoms with Crippen LogP contribution in [0.1, 0.15) is 11.1 Å². The number of hydrogen-bond donors (Lipinski definition) is 1. The van der Waals surface area contributed by atoms with Gasteiger partial charge in [-0.05, 0) is 29.3 Å². The summed E-state index contributed by atoms with van der Waals surface area (Å²) in [5, 5.41) is 0. The molecule has 2 aromatic carbocycles. The lowest BCUT2D eigenvalue weighted by molar-refractivity contribution is 0.0342. The number of hydrogen-bond acceptors (Lipinski definition) is 5. The zero-order valence-corrected chi connectivity index (χ0v) is 16.0. The number of benzene rings is 2. The van der Waals surface area contributed by atoms with Crippen molar-refractivity contribution < 1.29 is 22.3 Å². The summed E-state index contributed by atoms with van der Waals surface area (Å²) in [6, 6.07) is 11.2. The molecular weight excluding hydrogens is 371 g/mol. The number of sulfonamides is 1. The fraction of sp³-hybridized carbons (Fsp3) is 0.368. The van der Waals surface area contributed by atoms with Crippen molar-refractivity contribution in [3.8, 4) is 5.75 Å². The second-order valence-corrected chi connectivity index (χ2v) is 8.06. The summed E-state index contributed by atoms with van der Waals surface area (Å²) in [7, 11) is -2.56. The molecule has 8 heteroatoms. The van der Waals surface area contributed by atoms with Gasteiger partial charge < -0.3 is 9.47 Å². The third kappa shape index (κ3) is 5.26. The summed E-state index contributed by atoms with van der Waals surface area (Å²) in [4.78, 5) is 2.08. The molecule has 1 aliphatic heterocycles. The van der Waals surface area contributed by atoms with E-state index in [0.29, 0.717) is 0 Å². The summed E-state index contributed by atoms with van der Waals surface area (Å²) < 4.78 is 51.5. The van der Waals surface area contributed by atoms with E-state index in [0.717, 1.165) is 56.1 Å². The van der Waals surface area contributed by atoms with E-state index in [2.05, 4.69) is 9.62 Å². The molecule has 1 aliphatic rings. The molecule has 1 N–H and O–H groups in total. The van der Waals surface area contributed by atoms with E-state index in [1.807, 2.05) is 24.3 Å². The van der Waals surface area contributed by atoms with Crippen LogP contribution in [0.4, 0.5) is 4.39 Å². The molecular formula is C19H23FN2O4S. The van der Waals surface area contributed by atoms with Gasteiger partial charge in [-0.2, -0.15) is 0 Å². The maximum Gasteiger partial charge on any atom is 0.244 e. The molecule has 1 fully saturated rings. The van der Waals surface area contributed by atoms with Gasteiger partial charge in [-0.15, -0.1) is 0 Å². The van der Waals surface area contributed by atoms with Crippen LogP contribution in [0.3, 0.4) is 0 Å². The average Bonchev–Trinajstić information content (AvgIpc) is 2.67. The molecule has 0 aromatic heterocycles. The number of morpholine rings is 1. The van der Waals surface area contributed by atoms with Gasteiger partial charge in [0.15, 0.2) is 0 Å². The number of rotatable bonds is 7. The molecule has 0 saturated carbocycles. The van der Waals surface area contributed by atoms with Gasteiger partial charge in [0.05, 0.1) is 20.3 Å². The normalized spacial score (nSPS) is 15.6. The monoisotopic (exact) mass is 394 g/mol.